The maximum atomic E-state index is 13.1. The fourth-order valence-electron chi connectivity index (χ4n) is 2.25. The first-order chi connectivity index (χ1) is 14.9. The van der Waals surface area contributed by atoms with Crippen LogP contribution in [0.3, 0.4) is 0 Å². The third-order valence-corrected chi connectivity index (χ3v) is 5.14. The number of anilines is 1. The lowest BCUT2D eigenvalue weighted by atomic mass is 10.3. The van der Waals surface area contributed by atoms with E-state index < -0.39 is 52.1 Å². The van der Waals surface area contributed by atoms with E-state index in [9.17, 15) is 40.0 Å². The van der Waals surface area contributed by atoms with Crippen LogP contribution in [0, 0.1) is 11.6 Å². The summed E-state index contributed by atoms with van der Waals surface area (Å²) >= 11 is 0. The maximum Gasteiger partial charge on any atom is 0.573 e. The lowest BCUT2D eigenvalue weighted by Gasteiger charge is -2.10. The molecular weight excluding hydrogens is 465 g/mol. The zero-order valence-corrected chi connectivity index (χ0v) is 16.8. The molecule has 2 rings (SSSR count). The Labute approximate surface area is 178 Å². The van der Waals surface area contributed by atoms with Crippen molar-refractivity contribution in [2.24, 2.45) is 0 Å². The number of alkyl halides is 3. The molecule has 32 heavy (non-hydrogen) atoms. The Kier molecular flexibility index (Phi) is 8.10. The first kappa shape index (κ1) is 25.0. The van der Waals surface area contributed by atoms with Gasteiger partial charge in [-0.05, 0) is 36.4 Å². The quantitative estimate of drug-likeness (QED) is 0.476. The number of rotatable bonds is 9. The normalized spacial score (nSPS) is 11.7. The van der Waals surface area contributed by atoms with Crippen LogP contribution in [0.15, 0.2) is 47.4 Å². The number of benzene rings is 2. The van der Waals surface area contributed by atoms with E-state index in [1.807, 2.05) is 0 Å². The van der Waals surface area contributed by atoms with E-state index in [1.54, 1.807) is 0 Å². The number of ether oxygens (including phenoxy) is 1. The van der Waals surface area contributed by atoms with Crippen molar-refractivity contribution in [1.82, 2.24) is 10.0 Å². The van der Waals surface area contributed by atoms with Crippen LogP contribution in [-0.4, -0.2) is 39.7 Å². The smallest absolute Gasteiger partial charge is 0.406 e. The second kappa shape index (κ2) is 10.4. The topological polar surface area (TPSA) is 114 Å². The Morgan fingerprint density at radius 3 is 2.19 bits per heavy atom. The molecule has 0 spiro atoms. The molecule has 8 nitrogen and oxygen atoms in total. The van der Waals surface area contributed by atoms with Crippen molar-refractivity contribution in [3.63, 3.8) is 0 Å². The molecule has 0 radical (unpaired) electrons. The molecule has 0 aliphatic carbocycles. The fraction of sp³-hybridized carbons (Fsp3) is 0.222. The number of sulfonamides is 1. The van der Waals surface area contributed by atoms with E-state index in [4.69, 9.17) is 0 Å². The Morgan fingerprint density at radius 2 is 1.59 bits per heavy atom. The second-order valence-corrected chi connectivity index (χ2v) is 7.89. The monoisotopic (exact) mass is 481 g/mol. The molecule has 174 valence electrons. The average Bonchev–Trinajstić information content (AvgIpc) is 2.68. The van der Waals surface area contributed by atoms with Crippen LogP contribution in [0.25, 0.3) is 0 Å². The zero-order valence-electron chi connectivity index (χ0n) is 16.0. The van der Waals surface area contributed by atoms with Crippen molar-refractivity contribution in [3.8, 4) is 5.75 Å². The molecule has 0 unspecified atom stereocenters. The maximum absolute atomic E-state index is 13.1. The molecule has 0 saturated carbocycles. The number of carbonyl (C=O) groups is 2. The van der Waals surface area contributed by atoms with E-state index in [1.165, 1.54) is 0 Å². The van der Waals surface area contributed by atoms with E-state index in [2.05, 4.69) is 20.1 Å². The summed E-state index contributed by atoms with van der Waals surface area (Å²) in [6.07, 6.45) is -5.27. The molecule has 2 aromatic rings. The molecule has 0 atom stereocenters. The minimum absolute atomic E-state index is 0.0254. The zero-order chi connectivity index (χ0) is 23.9. The van der Waals surface area contributed by atoms with Gasteiger partial charge in [-0.1, -0.05) is 0 Å². The van der Waals surface area contributed by atoms with Crippen LogP contribution in [0.4, 0.5) is 27.6 Å². The van der Waals surface area contributed by atoms with Crippen LogP contribution in [0.2, 0.25) is 0 Å². The van der Waals surface area contributed by atoms with Gasteiger partial charge < -0.3 is 15.4 Å². The number of hydrogen-bond acceptors (Lipinski definition) is 5. The highest BCUT2D eigenvalue weighted by Gasteiger charge is 2.31. The molecule has 0 heterocycles. The van der Waals surface area contributed by atoms with Gasteiger partial charge in [-0.2, -0.15) is 0 Å². The molecule has 0 saturated heterocycles. The standard InChI is InChI=1S/C18H16F5N3O5S/c19-14-6-1-11(9-15(14)20)26-17(28)10-24-16(27)7-8-25-32(29,30)13-4-2-12(3-5-13)31-18(21,22)23/h1-6,9,25H,7-8,10H2,(H,24,27)(H,26,28). The molecule has 3 N–H and O–H groups in total. The summed E-state index contributed by atoms with van der Waals surface area (Å²) in [4.78, 5) is 23.1. The number of amides is 2. The van der Waals surface area contributed by atoms with Gasteiger partial charge in [0, 0.05) is 24.7 Å². The number of hydrogen-bond donors (Lipinski definition) is 3. The van der Waals surface area contributed by atoms with Crippen molar-refractivity contribution in [2.75, 3.05) is 18.4 Å². The van der Waals surface area contributed by atoms with Crippen LogP contribution < -0.4 is 20.1 Å². The summed E-state index contributed by atoms with van der Waals surface area (Å²) in [7, 11) is -4.11. The minimum Gasteiger partial charge on any atom is -0.406 e. The Hall–Kier alpha value is -3.26. The van der Waals surface area contributed by atoms with Crippen molar-refractivity contribution in [3.05, 3.63) is 54.1 Å². The van der Waals surface area contributed by atoms with Crippen molar-refractivity contribution >= 4 is 27.5 Å². The van der Waals surface area contributed by atoms with Gasteiger partial charge in [0.1, 0.15) is 5.75 Å². The summed E-state index contributed by atoms with van der Waals surface area (Å²) in [6.45, 7) is -0.870. The van der Waals surface area contributed by atoms with Crippen molar-refractivity contribution in [2.45, 2.75) is 17.7 Å². The highest BCUT2D eigenvalue weighted by Crippen LogP contribution is 2.23. The molecule has 0 bridgehead atoms. The first-order valence-corrected chi connectivity index (χ1v) is 10.2. The largest absolute Gasteiger partial charge is 0.573 e. The number of nitrogens with one attached hydrogen (secondary N) is 3. The average molecular weight is 481 g/mol. The van der Waals surface area contributed by atoms with Gasteiger partial charge in [0.15, 0.2) is 11.6 Å². The van der Waals surface area contributed by atoms with Crippen LogP contribution >= 0.6 is 0 Å². The predicted octanol–water partition coefficient (Wildman–Crippen LogP) is 2.29. The lowest BCUT2D eigenvalue weighted by Crippen LogP contribution is -2.35. The molecule has 14 heteroatoms. The summed E-state index contributed by atoms with van der Waals surface area (Å²) in [5, 5.41) is 4.44. The van der Waals surface area contributed by atoms with Gasteiger partial charge in [0.2, 0.25) is 21.8 Å². The van der Waals surface area contributed by atoms with E-state index in [0.717, 1.165) is 42.5 Å². The molecule has 0 aliphatic heterocycles. The Morgan fingerprint density at radius 1 is 0.938 bits per heavy atom. The van der Waals surface area contributed by atoms with Crippen molar-refractivity contribution in [1.29, 1.82) is 0 Å². The molecule has 0 fully saturated rings. The lowest BCUT2D eigenvalue weighted by molar-refractivity contribution is -0.274. The molecule has 2 aromatic carbocycles. The van der Waals surface area contributed by atoms with E-state index >= 15 is 0 Å². The van der Waals surface area contributed by atoms with Gasteiger partial charge in [-0.25, -0.2) is 21.9 Å². The highest BCUT2D eigenvalue weighted by molar-refractivity contribution is 7.89. The third-order valence-electron chi connectivity index (χ3n) is 3.66. The summed E-state index contributed by atoms with van der Waals surface area (Å²) in [5.41, 5.74) is -0.0254. The summed E-state index contributed by atoms with van der Waals surface area (Å²) in [5.74, 6) is -4.28. The molecule has 0 aliphatic rings. The highest BCUT2D eigenvalue weighted by atomic mass is 32.2. The number of halogens is 5. The first-order valence-electron chi connectivity index (χ1n) is 8.73. The molecule has 0 aromatic heterocycles. The van der Waals surface area contributed by atoms with Crippen molar-refractivity contribution < 1.29 is 44.7 Å². The van der Waals surface area contributed by atoms with Crippen LogP contribution in [0.1, 0.15) is 6.42 Å². The van der Waals surface area contributed by atoms with Gasteiger partial charge in [0.05, 0.1) is 11.4 Å². The Balaban J connectivity index is 1.76. The summed E-state index contributed by atoms with van der Waals surface area (Å²) in [6, 6.07) is 6.12. The number of carbonyl (C=O) groups excluding carboxylic acids is 2. The Bertz CT molecular complexity index is 1080. The summed E-state index contributed by atoms with van der Waals surface area (Å²) < 4.78 is 92.2. The fourth-order valence-corrected chi connectivity index (χ4v) is 3.28. The van der Waals surface area contributed by atoms with Gasteiger partial charge >= 0.3 is 6.36 Å². The van der Waals surface area contributed by atoms with Gasteiger partial charge in [0.25, 0.3) is 0 Å². The van der Waals surface area contributed by atoms with Crippen LogP contribution in [-0.2, 0) is 19.6 Å². The SMILES string of the molecule is O=C(CCNS(=O)(=O)c1ccc(OC(F)(F)F)cc1)NCC(=O)Nc1ccc(F)c(F)c1. The third kappa shape index (κ3) is 8.11. The molecule has 2 amide bonds. The van der Waals surface area contributed by atoms with Gasteiger partial charge in [-0.15, -0.1) is 13.2 Å². The predicted molar refractivity (Wildman–Crippen MR) is 101 cm³/mol. The van der Waals surface area contributed by atoms with Crippen LogP contribution in [0.5, 0.6) is 5.75 Å². The second-order valence-electron chi connectivity index (χ2n) is 6.12. The van der Waals surface area contributed by atoms with E-state index in [0.29, 0.717) is 0 Å². The minimum atomic E-state index is -4.92. The molecular formula is C18H16F5N3O5S. The van der Waals surface area contributed by atoms with Gasteiger partial charge in [-0.3, -0.25) is 9.59 Å². The van der Waals surface area contributed by atoms with E-state index in [-0.39, 0.29) is 23.5 Å².